The van der Waals surface area contributed by atoms with Gasteiger partial charge >= 0.3 is 0 Å². The van der Waals surface area contributed by atoms with Crippen LogP contribution >= 0.6 is 0 Å². The van der Waals surface area contributed by atoms with Gasteiger partial charge in [0.1, 0.15) is 64.5 Å². The van der Waals surface area contributed by atoms with E-state index in [9.17, 15) is 23.8 Å². The molecule has 12 nitrogen and oxygen atoms in total. The molecule has 0 aliphatic rings. The average molecular weight is 665 g/mol. The molecule has 0 saturated carbocycles. The van der Waals surface area contributed by atoms with E-state index in [1.54, 1.807) is 58.2 Å². The molecule has 0 saturated heterocycles. The summed E-state index contributed by atoms with van der Waals surface area (Å²) in [4.78, 5) is 13.8. The molecule has 0 amide bonds. The third kappa shape index (κ3) is 7.07. The first kappa shape index (κ1) is 31.1. The molecular formula is C35H26F2N6O6. The molecule has 0 atom stereocenters. The lowest BCUT2D eigenvalue weighted by Crippen LogP contribution is -2.11. The largest absolute Gasteiger partial charge is 0.508 e. The molecule has 0 radical (unpaired) electrons. The van der Waals surface area contributed by atoms with E-state index in [2.05, 4.69) is 20.6 Å². The van der Waals surface area contributed by atoms with Crippen LogP contribution in [0.2, 0.25) is 0 Å². The molecule has 3 heterocycles. The quantitative estimate of drug-likeness (QED) is 0.179. The van der Waals surface area contributed by atoms with Gasteiger partial charge in [-0.1, -0.05) is 34.7 Å². The Morgan fingerprint density at radius 2 is 1.27 bits per heavy atom. The molecule has 0 fully saturated rings. The van der Waals surface area contributed by atoms with Gasteiger partial charge in [-0.2, -0.15) is 0 Å². The Hall–Kier alpha value is -6.57. The average Bonchev–Trinajstić information content (AvgIpc) is 3.74. The lowest BCUT2D eigenvalue weighted by atomic mass is 10.1. The number of hydrogen-bond donors (Lipinski definition) is 2. The highest BCUT2D eigenvalue weighted by Gasteiger charge is 2.22. The summed E-state index contributed by atoms with van der Waals surface area (Å²) in [6.45, 7) is 0.561. The fourth-order valence-electron chi connectivity index (χ4n) is 5.10. The summed E-state index contributed by atoms with van der Waals surface area (Å²) in [5, 5.41) is 37.0. The first-order valence-corrected chi connectivity index (χ1v) is 14.9. The van der Waals surface area contributed by atoms with Crippen LogP contribution in [0.5, 0.6) is 23.0 Å². The number of fused-ring (bicyclic) bond motifs is 1. The second-order valence-electron chi connectivity index (χ2n) is 11.1. The number of ether oxygens (including phenoxy) is 2. The van der Waals surface area contributed by atoms with E-state index in [1.807, 2.05) is 0 Å². The highest BCUT2D eigenvalue weighted by Crippen LogP contribution is 2.37. The Labute approximate surface area is 276 Å². The Morgan fingerprint density at radius 1 is 0.714 bits per heavy atom. The van der Waals surface area contributed by atoms with Gasteiger partial charge in [-0.25, -0.2) is 18.1 Å². The van der Waals surface area contributed by atoms with Crippen molar-refractivity contribution in [3.8, 4) is 34.3 Å². The highest BCUT2D eigenvalue weighted by atomic mass is 19.1. The molecule has 2 N–H and O–H groups in total. The first-order valence-electron chi connectivity index (χ1n) is 14.9. The van der Waals surface area contributed by atoms with Crippen molar-refractivity contribution in [3.63, 3.8) is 0 Å². The summed E-state index contributed by atoms with van der Waals surface area (Å²) in [5.41, 5.74) is 2.36. The predicted molar refractivity (Wildman–Crippen MR) is 171 cm³/mol. The third-order valence-corrected chi connectivity index (χ3v) is 7.47. The number of phenols is 2. The molecule has 4 aromatic carbocycles. The van der Waals surface area contributed by atoms with Crippen LogP contribution in [-0.4, -0.2) is 40.2 Å². The van der Waals surface area contributed by atoms with Gasteiger partial charge in [-0.3, -0.25) is 4.79 Å². The zero-order chi connectivity index (χ0) is 33.9. The van der Waals surface area contributed by atoms with Gasteiger partial charge in [0.2, 0.25) is 11.2 Å². The van der Waals surface area contributed by atoms with Crippen molar-refractivity contribution >= 4 is 11.0 Å². The normalized spacial score (nSPS) is 11.2. The number of aromatic hydroxyl groups is 2. The predicted octanol–water partition coefficient (Wildman–Crippen LogP) is 5.59. The molecule has 0 aliphatic carbocycles. The molecule has 3 aromatic heterocycles. The lowest BCUT2D eigenvalue weighted by Gasteiger charge is -2.13. The van der Waals surface area contributed by atoms with Crippen LogP contribution in [0.4, 0.5) is 8.78 Å². The minimum Gasteiger partial charge on any atom is -0.508 e. The maximum atomic E-state index is 13.8. The van der Waals surface area contributed by atoms with Crippen LogP contribution in [-0.2, 0) is 26.3 Å². The fraction of sp³-hybridized carbons (Fsp3) is 0.114. The van der Waals surface area contributed by atoms with Crippen molar-refractivity contribution in [2.45, 2.75) is 26.3 Å². The number of phenolic OH excluding ortho intramolecular Hbond substituents is 2. The van der Waals surface area contributed by atoms with Gasteiger partial charge in [0, 0.05) is 17.7 Å². The SMILES string of the molecule is O=c1c(OCc2cn(Cc3ccc(F)cc3)nn2)c(-c2ccc(O)cc2)oc2cc(OCc3cn(Cc4ccc(F)cc4)nn3)cc(O)c12. The smallest absolute Gasteiger partial charge is 0.239 e. The van der Waals surface area contributed by atoms with Crippen molar-refractivity contribution in [3.05, 3.63) is 142 Å². The summed E-state index contributed by atoms with van der Waals surface area (Å²) in [6.07, 6.45) is 3.31. The number of nitrogens with zero attached hydrogens (tertiary/aromatic N) is 6. The van der Waals surface area contributed by atoms with Crippen LogP contribution in [0, 0.1) is 11.6 Å². The second kappa shape index (κ2) is 13.3. The van der Waals surface area contributed by atoms with Gasteiger partial charge in [0.25, 0.3) is 0 Å². The van der Waals surface area contributed by atoms with Crippen LogP contribution in [0.25, 0.3) is 22.3 Å². The summed E-state index contributed by atoms with van der Waals surface area (Å²) >= 11 is 0. The number of halogens is 2. The summed E-state index contributed by atoms with van der Waals surface area (Å²) in [6, 6.07) is 20.8. The van der Waals surface area contributed by atoms with Crippen LogP contribution in [0.3, 0.4) is 0 Å². The first-order chi connectivity index (χ1) is 23.8. The minimum atomic E-state index is -0.643. The fourth-order valence-corrected chi connectivity index (χ4v) is 5.10. The lowest BCUT2D eigenvalue weighted by molar-refractivity contribution is 0.291. The van der Waals surface area contributed by atoms with Crippen molar-refractivity contribution in [2.75, 3.05) is 0 Å². The number of rotatable bonds is 11. The van der Waals surface area contributed by atoms with E-state index in [4.69, 9.17) is 13.9 Å². The number of benzene rings is 4. The van der Waals surface area contributed by atoms with Crippen molar-refractivity contribution in [1.29, 1.82) is 0 Å². The molecular weight excluding hydrogens is 638 g/mol. The molecule has 0 spiro atoms. The Bertz CT molecular complexity index is 2300. The molecule has 246 valence electrons. The molecule has 7 rings (SSSR count). The van der Waals surface area contributed by atoms with Crippen molar-refractivity contribution < 1.29 is 32.9 Å². The standard InChI is InChI=1S/C35H26F2N6O6/c36-24-7-1-21(2-8-24)15-42-17-26(38-40-42)19-47-29-13-30(45)32-31(14-29)49-34(23-5-11-28(44)12-6-23)35(33(32)46)48-20-27-18-43(41-39-27)16-22-3-9-25(37)10-4-22/h1-14,17-18,44-45H,15-16,19-20H2. The topological polar surface area (TPSA) is 151 Å². The number of hydrogen-bond acceptors (Lipinski definition) is 10. The van der Waals surface area contributed by atoms with Gasteiger partial charge in [0.15, 0.2) is 5.76 Å². The molecule has 14 heteroatoms. The van der Waals surface area contributed by atoms with E-state index in [-0.39, 0.29) is 58.8 Å². The van der Waals surface area contributed by atoms with Gasteiger partial charge < -0.3 is 24.1 Å². The molecule has 0 unspecified atom stereocenters. The summed E-state index contributed by atoms with van der Waals surface area (Å²) in [5.74, 6) is -0.991. The van der Waals surface area contributed by atoms with E-state index in [0.717, 1.165) is 11.1 Å². The zero-order valence-electron chi connectivity index (χ0n) is 25.5. The second-order valence-corrected chi connectivity index (χ2v) is 11.1. The number of aromatic nitrogens is 6. The van der Waals surface area contributed by atoms with Gasteiger partial charge in [-0.05, 0) is 59.7 Å². The highest BCUT2D eigenvalue weighted by molar-refractivity contribution is 5.88. The minimum absolute atomic E-state index is 0.00749. The van der Waals surface area contributed by atoms with Crippen LogP contribution < -0.4 is 14.9 Å². The zero-order valence-corrected chi connectivity index (χ0v) is 25.5. The molecule has 0 bridgehead atoms. The van der Waals surface area contributed by atoms with E-state index in [1.165, 1.54) is 48.5 Å². The van der Waals surface area contributed by atoms with Crippen molar-refractivity contribution in [2.24, 2.45) is 0 Å². The van der Waals surface area contributed by atoms with E-state index >= 15 is 0 Å². The maximum absolute atomic E-state index is 13.8. The molecule has 7 aromatic rings. The Morgan fingerprint density at radius 3 is 1.84 bits per heavy atom. The monoisotopic (exact) mass is 664 g/mol. The summed E-state index contributed by atoms with van der Waals surface area (Å²) < 4.78 is 47.6. The molecule has 0 aliphatic heterocycles. The van der Waals surface area contributed by atoms with Crippen LogP contribution in [0.15, 0.2) is 107 Å². The summed E-state index contributed by atoms with van der Waals surface area (Å²) in [7, 11) is 0. The Kier molecular flexibility index (Phi) is 8.41. The van der Waals surface area contributed by atoms with Crippen molar-refractivity contribution in [1.82, 2.24) is 30.0 Å². The van der Waals surface area contributed by atoms with Gasteiger partial charge in [-0.15, -0.1) is 10.2 Å². The van der Waals surface area contributed by atoms with Gasteiger partial charge in [0.05, 0.1) is 25.5 Å². The maximum Gasteiger partial charge on any atom is 0.239 e. The Balaban J connectivity index is 1.13. The van der Waals surface area contributed by atoms with E-state index in [0.29, 0.717) is 30.0 Å². The van der Waals surface area contributed by atoms with Crippen LogP contribution in [0.1, 0.15) is 22.5 Å². The molecule has 49 heavy (non-hydrogen) atoms. The van der Waals surface area contributed by atoms with E-state index < -0.39 is 11.2 Å². The third-order valence-electron chi connectivity index (χ3n) is 7.47.